The highest BCUT2D eigenvalue weighted by molar-refractivity contribution is 6.36. The van der Waals surface area contributed by atoms with Gasteiger partial charge in [0.25, 0.3) is 5.91 Å². The van der Waals surface area contributed by atoms with Crippen molar-refractivity contribution in [3.8, 4) is 0 Å². The number of carbonyl (C=O) groups is 1. The van der Waals surface area contributed by atoms with Crippen molar-refractivity contribution in [2.24, 2.45) is 0 Å². The van der Waals surface area contributed by atoms with Gasteiger partial charge in [-0.05, 0) is 32.0 Å². The lowest BCUT2D eigenvalue weighted by Crippen LogP contribution is -2.24. The van der Waals surface area contributed by atoms with Gasteiger partial charge in [-0.3, -0.25) is 4.79 Å². The first kappa shape index (κ1) is 16.5. The molecule has 0 aliphatic carbocycles. The van der Waals surface area contributed by atoms with Gasteiger partial charge in [-0.25, -0.2) is 9.97 Å². The monoisotopic (exact) mass is 338 g/mol. The zero-order valence-corrected chi connectivity index (χ0v) is 13.8. The second-order valence-electron chi connectivity index (χ2n) is 4.52. The van der Waals surface area contributed by atoms with E-state index in [1.807, 2.05) is 18.7 Å². The van der Waals surface area contributed by atoms with Crippen molar-refractivity contribution in [1.82, 2.24) is 9.97 Å². The van der Waals surface area contributed by atoms with Crippen LogP contribution in [0.15, 0.2) is 30.6 Å². The van der Waals surface area contributed by atoms with Crippen LogP contribution in [-0.2, 0) is 0 Å². The van der Waals surface area contributed by atoms with E-state index in [4.69, 9.17) is 23.2 Å². The standard InChI is InChI=1S/C15H16Cl2N4O/c1-3-21(4-2)15-18-8-10(9-19-15)14(22)20-13-6-5-11(16)7-12(13)17/h5-9H,3-4H2,1-2H3,(H,20,22). The molecule has 0 unspecified atom stereocenters. The van der Waals surface area contributed by atoms with Crippen LogP contribution in [0.4, 0.5) is 11.6 Å². The van der Waals surface area contributed by atoms with Crippen LogP contribution in [0.5, 0.6) is 0 Å². The molecule has 116 valence electrons. The summed E-state index contributed by atoms with van der Waals surface area (Å²) in [6, 6.07) is 4.87. The van der Waals surface area contributed by atoms with Crippen molar-refractivity contribution < 1.29 is 4.79 Å². The summed E-state index contributed by atoms with van der Waals surface area (Å²) in [6.07, 6.45) is 3.00. The number of hydrogen-bond donors (Lipinski definition) is 1. The summed E-state index contributed by atoms with van der Waals surface area (Å²) in [5.41, 5.74) is 0.853. The van der Waals surface area contributed by atoms with Crippen molar-refractivity contribution >= 4 is 40.7 Å². The molecule has 0 saturated heterocycles. The molecular formula is C15H16Cl2N4O. The highest BCUT2D eigenvalue weighted by atomic mass is 35.5. The lowest BCUT2D eigenvalue weighted by molar-refractivity contribution is 0.102. The third-order valence-corrected chi connectivity index (χ3v) is 3.67. The molecule has 0 bridgehead atoms. The number of halogens is 2. The summed E-state index contributed by atoms with van der Waals surface area (Å²) in [7, 11) is 0. The van der Waals surface area contributed by atoms with E-state index in [0.717, 1.165) is 13.1 Å². The van der Waals surface area contributed by atoms with Crippen LogP contribution in [0.25, 0.3) is 0 Å². The van der Waals surface area contributed by atoms with Gasteiger partial charge in [0.15, 0.2) is 0 Å². The second kappa shape index (κ2) is 7.42. The van der Waals surface area contributed by atoms with E-state index in [1.165, 1.54) is 12.4 Å². The minimum absolute atomic E-state index is 0.324. The van der Waals surface area contributed by atoms with E-state index in [0.29, 0.717) is 27.2 Å². The fourth-order valence-corrected chi connectivity index (χ4v) is 2.35. The van der Waals surface area contributed by atoms with E-state index in [9.17, 15) is 4.79 Å². The van der Waals surface area contributed by atoms with E-state index in [1.54, 1.807) is 18.2 Å². The fraction of sp³-hybridized carbons (Fsp3) is 0.267. The number of nitrogens with one attached hydrogen (secondary N) is 1. The summed E-state index contributed by atoms with van der Waals surface area (Å²) in [5.74, 6) is 0.279. The van der Waals surface area contributed by atoms with Crippen molar-refractivity contribution in [2.45, 2.75) is 13.8 Å². The Kier molecular flexibility index (Phi) is 5.57. The Hall–Kier alpha value is -1.85. The van der Waals surface area contributed by atoms with Crippen LogP contribution in [0.2, 0.25) is 10.0 Å². The average Bonchev–Trinajstić information content (AvgIpc) is 2.52. The van der Waals surface area contributed by atoms with Gasteiger partial charge >= 0.3 is 0 Å². The van der Waals surface area contributed by atoms with Gasteiger partial charge in [-0.1, -0.05) is 23.2 Å². The van der Waals surface area contributed by atoms with Crippen molar-refractivity contribution in [3.05, 3.63) is 46.2 Å². The third kappa shape index (κ3) is 3.87. The number of benzene rings is 1. The summed E-state index contributed by atoms with van der Waals surface area (Å²) in [4.78, 5) is 22.6. The molecule has 1 aromatic heterocycles. The summed E-state index contributed by atoms with van der Waals surface area (Å²) in [5, 5.41) is 3.59. The number of anilines is 2. The lowest BCUT2D eigenvalue weighted by Gasteiger charge is -2.18. The Labute approximate surface area is 139 Å². The fourth-order valence-electron chi connectivity index (χ4n) is 1.89. The predicted octanol–water partition coefficient (Wildman–Crippen LogP) is 3.88. The number of nitrogens with zero attached hydrogens (tertiary/aromatic N) is 3. The quantitative estimate of drug-likeness (QED) is 0.898. The molecule has 1 aromatic carbocycles. The number of amides is 1. The SMILES string of the molecule is CCN(CC)c1ncc(C(=O)Nc2ccc(Cl)cc2Cl)cn1. The van der Waals surface area contributed by atoms with Crippen molar-refractivity contribution in [3.63, 3.8) is 0 Å². The molecule has 2 rings (SSSR count). The van der Waals surface area contributed by atoms with Gasteiger partial charge < -0.3 is 10.2 Å². The van der Waals surface area contributed by atoms with Crippen LogP contribution >= 0.6 is 23.2 Å². The van der Waals surface area contributed by atoms with E-state index in [-0.39, 0.29) is 5.91 Å². The summed E-state index contributed by atoms with van der Waals surface area (Å²) < 4.78 is 0. The van der Waals surface area contributed by atoms with Gasteiger partial charge in [0.1, 0.15) is 0 Å². The maximum absolute atomic E-state index is 12.2. The van der Waals surface area contributed by atoms with Gasteiger partial charge in [0.05, 0.1) is 16.3 Å². The number of rotatable bonds is 5. The zero-order valence-electron chi connectivity index (χ0n) is 12.3. The molecule has 0 spiro atoms. The van der Waals surface area contributed by atoms with Crippen LogP contribution < -0.4 is 10.2 Å². The molecule has 0 aliphatic rings. The molecule has 7 heteroatoms. The van der Waals surface area contributed by atoms with E-state index in [2.05, 4.69) is 15.3 Å². The topological polar surface area (TPSA) is 58.1 Å². The Morgan fingerprint density at radius 3 is 2.36 bits per heavy atom. The molecule has 1 heterocycles. The number of aromatic nitrogens is 2. The van der Waals surface area contributed by atoms with Gasteiger partial charge in [0, 0.05) is 30.5 Å². The summed E-state index contributed by atoms with van der Waals surface area (Å²) >= 11 is 11.9. The minimum atomic E-state index is -0.324. The van der Waals surface area contributed by atoms with Gasteiger partial charge in [-0.2, -0.15) is 0 Å². The minimum Gasteiger partial charge on any atom is -0.341 e. The maximum Gasteiger partial charge on any atom is 0.258 e. The first-order chi connectivity index (χ1) is 10.5. The first-order valence-corrected chi connectivity index (χ1v) is 7.64. The molecule has 0 radical (unpaired) electrons. The van der Waals surface area contributed by atoms with Crippen LogP contribution in [0.3, 0.4) is 0 Å². The highest BCUT2D eigenvalue weighted by Gasteiger charge is 2.11. The first-order valence-electron chi connectivity index (χ1n) is 6.88. The van der Waals surface area contributed by atoms with Crippen LogP contribution in [0, 0.1) is 0 Å². The Morgan fingerprint density at radius 1 is 1.18 bits per heavy atom. The molecule has 0 aliphatic heterocycles. The molecule has 5 nitrogen and oxygen atoms in total. The molecule has 0 saturated carbocycles. The van der Waals surface area contributed by atoms with Crippen LogP contribution in [0.1, 0.15) is 24.2 Å². The molecule has 0 atom stereocenters. The van der Waals surface area contributed by atoms with Crippen molar-refractivity contribution in [1.29, 1.82) is 0 Å². The molecule has 1 amide bonds. The van der Waals surface area contributed by atoms with Crippen molar-refractivity contribution in [2.75, 3.05) is 23.3 Å². The number of carbonyl (C=O) groups excluding carboxylic acids is 1. The van der Waals surface area contributed by atoms with E-state index >= 15 is 0 Å². The predicted molar refractivity (Wildman–Crippen MR) is 90.0 cm³/mol. The molecular weight excluding hydrogens is 323 g/mol. The number of hydrogen-bond acceptors (Lipinski definition) is 4. The summed E-state index contributed by atoms with van der Waals surface area (Å²) in [6.45, 7) is 5.66. The molecule has 0 fully saturated rings. The lowest BCUT2D eigenvalue weighted by atomic mass is 10.2. The molecule has 1 N–H and O–H groups in total. The Bertz CT molecular complexity index is 657. The largest absolute Gasteiger partial charge is 0.341 e. The Morgan fingerprint density at radius 2 is 1.82 bits per heavy atom. The maximum atomic E-state index is 12.2. The Balaban J connectivity index is 2.13. The zero-order chi connectivity index (χ0) is 16.1. The average molecular weight is 339 g/mol. The van der Waals surface area contributed by atoms with E-state index < -0.39 is 0 Å². The normalized spacial score (nSPS) is 10.4. The molecule has 2 aromatic rings. The van der Waals surface area contributed by atoms with Gasteiger partial charge in [0.2, 0.25) is 5.95 Å². The second-order valence-corrected chi connectivity index (χ2v) is 5.37. The van der Waals surface area contributed by atoms with Gasteiger partial charge in [-0.15, -0.1) is 0 Å². The molecule has 22 heavy (non-hydrogen) atoms. The van der Waals surface area contributed by atoms with Crippen LogP contribution in [-0.4, -0.2) is 29.0 Å². The smallest absolute Gasteiger partial charge is 0.258 e. The highest BCUT2D eigenvalue weighted by Crippen LogP contribution is 2.25. The third-order valence-electron chi connectivity index (χ3n) is 3.13.